The summed E-state index contributed by atoms with van der Waals surface area (Å²) in [5, 5.41) is 2.16. The predicted molar refractivity (Wildman–Crippen MR) is 115 cm³/mol. The molecule has 0 spiro atoms. The minimum absolute atomic E-state index is 0.0689. The van der Waals surface area contributed by atoms with Crippen LogP contribution < -0.4 is 19.5 Å². The number of hydrogen-bond acceptors (Lipinski definition) is 6. The van der Waals surface area contributed by atoms with E-state index in [1.165, 1.54) is 28.3 Å². The third-order valence-electron chi connectivity index (χ3n) is 4.57. The Balaban J connectivity index is 1.99. The van der Waals surface area contributed by atoms with Crippen molar-refractivity contribution < 1.29 is 41.7 Å². The molecule has 0 fully saturated rings. The summed E-state index contributed by atoms with van der Waals surface area (Å²) >= 11 is 5.87. The van der Waals surface area contributed by atoms with E-state index in [2.05, 4.69) is 5.32 Å². The van der Waals surface area contributed by atoms with Crippen molar-refractivity contribution in [1.82, 2.24) is 0 Å². The maximum atomic E-state index is 12.9. The highest BCUT2D eigenvalue weighted by atomic mass is 35.5. The molecule has 1 N–H and O–H groups in total. The van der Waals surface area contributed by atoms with Gasteiger partial charge in [-0.3, -0.25) is 9.59 Å². The number of hydrogen-bond donors (Lipinski definition) is 1. The molecule has 0 aliphatic heterocycles. The monoisotopic (exact) mass is 489 g/mol. The molecule has 0 aliphatic rings. The summed E-state index contributed by atoms with van der Waals surface area (Å²) in [6.07, 6.45) is -5.68. The fraction of sp³-hybridized carbons (Fsp3) is 0.364. The zero-order chi connectivity index (χ0) is 24.8. The van der Waals surface area contributed by atoms with Crippen LogP contribution in [0.3, 0.4) is 0 Å². The highest BCUT2D eigenvalue weighted by Crippen LogP contribution is 2.38. The number of esters is 1. The second-order valence-electron chi connectivity index (χ2n) is 6.85. The van der Waals surface area contributed by atoms with Gasteiger partial charge in [0.25, 0.3) is 5.91 Å². The number of alkyl halides is 3. The Hall–Kier alpha value is -3.14. The first kappa shape index (κ1) is 26.1. The van der Waals surface area contributed by atoms with Gasteiger partial charge >= 0.3 is 12.1 Å². The lowest BCUT2D eigenvalue weighted by atomic mass is 10.1. The van der Waals surface area contributed by atoms with Crippen molar-refractivity contribution in [1.29, 1.82) is 0 Å². The molecule has 180 valence electrons. The number of halogens is 4. The van der Waals surface area contributed by atoms with Crippen molar-refractivity contribution in [2.45, 2.75) is 32.0 Å². The number of rotatable bonds is 9. The van der Waals surface area contributed by atoms with Crippen molar-refractivity contribution in [2.24, 2.45) is 0 Å². The van der Waals surface area contributed by atoms with Crippen LogP contribution in [-0.4, -0.2) is 39.3 Å². The number of methoxy groups -OCH3 is 3. The molecule has 0 bridgehead atoms. The second kappa shape index (κ2) is 11.1. The van der Waals surface area contributed by atoms with Crippen molar-refractivity contribution in [3.63, 3.8) is 0 Å². The van der Waals surface area contributed by atoms with E-state index in [0.29, 0.717) is 28.9 Å². The Labute approximate surface area is 193 Å². The van der Waals surface area contributed by atoms with Crippen LogP contribution in [0, 0.1) is 0 Å². The number of amides is 1. The highest BCUT2D eigenvalue weighted by molar-refractivity contribution is 6.33. The van der Waals surface area contributed by atoms with Gasteiger partial charge in [0.15, 0.2) is 17.6 Å². The number of anilines is 1. The van der Waals surface area contributed by atoms with Crippen LogP contribution in [0.4, 0.5) is 18.9 Å². The summed E-state index contributed by atoms with van der Waals surface area (Å²) in [5.74, 6) is -0.249. The minimum atomic E-state index is -4.60. The summed E-state index contributed by atoms with van der Waals surface area (Å²) in [5.41, 5.74) is -0.511. The van der Waals surface area contributed by atoms with E-state index in [1.54, 1.807) is 12.1 Å². The molecule has 0 aliphatic carbocycles. The fourth-order valence-electron chi connectivity index (χ4n) is 2.87. The van der Waals surface area contributed by atoms with E-state index in [9.17, 15) is 22.8 Å². The van der Waals surface area contributed by atoms with E-state index in [4.69, 9.17) is 30.5 Å². The average Bonchev–Trinajstić information content (AvgIpc) is 2.77. The van der Waals surface area contributed by atoms with Gasteiger partial charge < -0.3 is 24.3 Å². The Bertz CT molecular complexity index is 987. The van der Waals surface area contributed by atoms with Crippen molar-refractivity contribution >= 4 is 29.2 Å². The van der Waals surface area contributed by atoms with E-state index in [-0.39, 0.29) is 23.6 Å². The molecule has 0 saturated heterocycles. The highest BCUT2D eigenvalue weighted by Gasteiger charge is 2.31. The first-order valence-electron chi connectivity index (χ1n) is 9.66. The smallest absolute Gasteiger partial charge is 0.416 e. The van der Waals surface area contributed by atoms with Crippen LogP contribution in [0.15, 0.2) is 30.3 Å². The van der Waals surface area contributed by atoms with Crippen LogP contribution in [0.1, 0.15) is 24.5 Å². The maximum absolute atomic E-state index is 12.9. The van der Waals surface area contributed by atoms with Gasteiger partial charge in [-0.1, -0.05) is 11.6 Å². The Morgan fingerprint density at radius 3 is 2.15 bits per heavy atom. The summed E-state index contributed by atoms with van der Waals surface area (Å²) in [4.78, 5) is 24.5. The summed E-state index contributed by atoms with van der Waals surface area (Å²) in [6.45, 7) is 1.30. The predicted octanol–water partition coefficient (Wildman–Crippen LogP) is 4.89. The van der Waals surface area contributed by atoms with Gasteiger partial charge in [-0.25, -0.2) is 0 Å². The van der Waals surface area contributed by atoms with Crippen LogP contribution >= 0.6 is 11.6 Å². The molecular formula is C22H23ClF3NO6. The third kappa shape index (κ3) is 6.92. The molecule has 0 aromatic heterocycles. The fourth-order valence-corrected chi connectivity index (χ4v) is 3.03. The van der Waals surface area contributed by atoms with Crippen LogP contribution in [-0.2, 0) is 26.9 Å². The molecule has 0 saturated carbocycles. The molecule has 2 aromatic carbocycles. The first-order chi connectivity index (χ1) is 15.5. The Morgan fingerprint density at radius 1 is 1.03 bits per heavy atom. The molecule has 1 atom stereocenters. The molecule has 0 radical (unpaired) electrons. The largest absolute Gasteiger partial charge is 0.493 e. The third-order valence-corrected chi connectivity index (χ3v) is 4.90. The van der Waals surface area contributed by atoms with Gasteiger partial charge in [0.2, 0.25) is 5.75 Å². The van der Waals surface area contributed by atoms with Gasteiger partial charge in [-0.05, 0) is 49.2 Å². The molecule has 11 heteroatoms. The van der Waals surface area contributed by atoms with Gasteiger partial charge in [0.1, 0.15) is 0 Å². The first-order valence-corrected chi connectivity index (χ1v) is 10.0. The summed E-state index contributed by atoms with van der Waals surface area (Å²) in [7, 11) is 4.40. The molecule has 0 heterocycles. The quantitative estimate of drug-likeness (QED) is 0.505. The van der Waals surface area contributed by atoms with E-state index >= 15 is 0 Å². The Morgan fingerprint density at radius 2 is 1.64 bits per heavy atom. The lowest BCUT2D eigenvalue weighted by Crippen LogP contribution is -2.30. The van der Waals surface area contributed by atoms with E-state index < -0.39 is 29.7 Å². The molecule has 1 unspecified atom stereocenters. The van der Waals surface area contributed by atoms with Crippen LogP contribution in [0.2, 0.25) is 5.02 Å². The second-order valence-corrected chi connectivity index (χ2v) is 7.25. The zero-order valence-electron chi connectivity index (χ0n) is 18.3. The summed E-state index contributed by atoms with van der Waals surface area (Å²) in [6, 6.07) is 5.89. The van der Waals surface area contributed by atoms with Crippen molar-refractivity contribution in [3.05, 3.63) is 46.5 Å². The lowest BCUT2D eigenvalue weighted by molar-refractivity contribution is -0.153. The Kier molecular flexibility index (Phi) is 8.81. The van der Waals surface area contributed by atoms with E-state index in [1.807, 2.05) is 0 Å². The van der Waals surface area contributed by atoms with Gasteiger partial charge in [0.05, 0.1) is 37.6 Å². The molecule has 2 rings (SSSR count). The molecule has 7 nitrogen and oxygen atoms in total. The molecule has 33 heavy (non-hydrogen) atoms. The van der Waals surface area contributed by atoms with Crippen molar-refractivity contribution in [2.75, 3.05) is 26.6 Å². The lowest BCUT2D eigenvalue weighted by Gasteiger charge is -2.16. The van der Waals surface area contributed by atoms with Gasteiger partial charge in [-0.2, -0.15) is 13.2 Å². The maximum Gasteiger partial charge on any atom is 0.416 e. The number of carbonyl (C=O) groups excluding carboxylic acids is 2. The van der Waals surface area contributed by atoms with Crippen molar-refractivity contribution in [3.8, 4) is 17.2 Å². The van der Waals surface area contributed by atoms with Gasteiger partial charge in [0, 0.05) is 6.42 Å². The zero-order valence-corrected chi connectivity index (χ0v) is 19.1. The van der Waals surface area contributed by atoms with Gasteiger partial charge in [-0.15, -0.1) is 0 Å². The molecule has 1 amide bonds. The standard InChI is InChI=1S/C22H23ClF3NO6/c1-12(21(29)27-16-11-14(22(24,25)26)6-7-15(16)23)33-19(28)8-5-13-9-17(30-2)20(32-4)18(10-13)31-3/h6-7,9-12H,5,8H2,1-4H3,(H,27,29). The normalized spacial score (nSPS) is 12.0. The van der Waals surface area contributed by atoms with Crippen LogP contribution in [0.25, 0.3) is 0 Å². The average molecular weight is 490 g/mol. The van der Waals surface area contributed by atoms with E-state index in [0.717, 1.165) is 12.1 Å². The topological polar surface area (TPSA) is 83.1 Å². The number of nitrogens with one attached hydrogen (secondary N) is 1. The molecular weight excluding hydrogens is 467 g/mol. The van der Waals surface area contributed by atoms with Crippen LogP contribution in [0.5, 0.6) is 17.2 Å². The SMILES string of the molecule is COc1cc(CCC(=O)OC(C)C(=O)Nc2cc(C(F)(F)F)ccc2Cl)cc(OC)c1OC. The number of carbonyl (C=O) groups is 2. The summed E-state index contributed by atoms with van der Waals surface area (Å²) < 4.78 is 59.5. The molecule has 2 aromatic rings. The number of ether oxygens (including phenoxy) is 4. The number of benzene rings is 2. The minimum Gasteiger partial charge on any atom is -0.493 e. The number of aryl methyl sites for hydroxylation is 1.